The highest BCUT2D eigenvalue weighted by Crippen LogP contribution is 2.26. The molecule has 1 saturated heterocycles. The zero-order valence-electron chi connectivity index (χ0n) is 18.7. The highest BCUT2D eigenvalue weighted by molar-refractivity contribution is 5.74. The Balaban J connectivity index is 1.59. The summed E-state index contributed by atoms with van der Waals surface area (Å²) in [6, 6.07) is 24.4. The van der Waals surface area contributed by atoms with Gasteiger partial charge in [0.25, 0.3) is 5.56 Å². The maximum Gasteiger partial charge on any atom is 0.263 e. The van der Waals surface area contributed by atoms with Crippen LogP contribution in [0.3, 0.4) is 0 Å². The van der Waals surface area contributed by atoms with Gasteiger partial charge in [0.05, 0.1) is 17.3 Å². The number of rotatable bonds is 5. The van der Waals surface area contributed by atoms with Crippen LogP contribution >= 0.6 is 0 Å². The molecule has 1 fully saturated rings. The van der Waals surface area contributed by atoms with Gasteiger partial charge in [-0.1, -0.05) is 30.7 Å². The third kappa shape index (κ3) is 4.47. The molecule has 0 spiro atoms. The number of nitriles is 1. The Labute approximate surface area is 198 Å². The van der Waals surface area contributed by atoms with E-state index in [1.807, 2.05) is 59.7 Å². The van der Waals surface area contributed by atoms with Crippen molar-refractivity contribution in [3.63, 3.8) is 0 Å². The van der Waals surface area contributed by atoms with Gasteiger partial charge in [-0.15, -0.1) is 5.06 Å². The summed E-state index contributed by atoms with van der Waals surface area (Å²) in [5.41, 5.74) is 3.56. The fourth-order valence-corrected chi connectivity index (χ4v) is 4.23. The SMILES string of the molecule is N#Cc1ccccc1-c1cc(-c2ccccn2)cn(-c2ccc(ON3CCCCC3)cc2)c1=O. The Hall–Kier alpha value is -4.21. The molecule has 6 heteroatoms. The van der Waals surface area contributed by atoms with Crippen LogP contribution in [0, 0.1) is 11.3 Å². The molecule has 0 radical (unpaired) electrons. The van der Waals surface area contributed by atoms with Crippen molar-refractivity contribution in [2.45, 2.75) is 19.3 Å². The molecule has 2 aromatic carbocycles. The van der Waals surface area contributed by atoms with Gasteiger partial charge in [-0.05, 0) is 61.4 Å². The van der Waals surface area contributed by atoms with Gasteiger partial charge in [0.1, 0.15) is 5.75 Å². The van der Waals surface area contributed by atoms with E-state index < -0.39 is 0 Å². The zero-order valence-corrected chi connectivity index (χ0v) is 18.7. The third-order valence-corrected chi connectivity index (χ3v) is 5.98. The summed E-state index contributed by atoms with van der Waals surface area (Å²) in [6.07, 6.45) is 7.04. The van der Waals surface area contributed by atoms with Gasteiger partial charge < -0.3 is 4.84 Å². The van der Waals surface area contributed by atoms with Crippen LogP contribution < -0.4 is 10.4 Å². The number of aromatic nitrogens is 2. The molecule has 5 rings (SSSR count). The minimum Gasteiger partial charge on any atom is -0.406 e. The maximum absolute atomic E-state index is 13.6. The second kappa shape index (κ2) is 9.74. The summed E-state index contributed by atoms with van der Waals surface area (Å²) in [7, 11) is 0. The molecule has 2 aromatic heterocycles. The molecular weight excluding hydrogens is 424 g/mol. The van der Waals surface area contributed by atoms with E-state index in [-0.39, 0.29) is 5.56 Å². The van der Waals surface area contributed by atoms with E-state index in [1.165, 1.54) is 6.42 Å². The van der Waals surface area contributed by atoms with Crippen molar-refractivity contribution in [3.8, 4) is 39.9 Å². The molecule has 0 saturated carbocycles. The maximum atomic E-state index is 13.6. The molecule has 0 unspecified atom stereocenters. The summed E-state index contributed by atoms with van der Waals surface area (Å²) < 4.78 is 1.61. The lowest BCUT2D eigenvalue weighted by atomic mass is 9.99. The van der Waals surface area contributed by atoms with E-state index in [9.17, 15) is 10.1 Å². The molecule has 0 amide bonds. The van der Waals surface area contributed by atoms with Crippen molar-refractivity contribution in [1.29, 1.82) is 5.26 Å². The molecule has 168 valence electrons. The number of piperidine rings is 1. The summed E-state index contributed by atoms with van der Waals surface area (Å²) in [5.74, 6) is 0.745. The minimum absolute atomic E-state index is 0.202. The van der Waals surface area contributed by atoms with E-state index in [4.69, 9.17) is 4.84 Å². The summed E-state index contributed by atoms with van der Waals surface area (Å²) >= 11 is 0. The first kappa shape index (κ1) is 21.6. The van der Waals surface area contributed by atoms with Crippen LogP contribution in [0.1, 0.15) is 24.8 Å². The van der Waals surface area contributed by atoms with E-state index in [0.29, 0.717) is 22.4 Å². The predicted octanol–water partition coefficient (Wildman–Crippen LogP) is 5.22. The van der Waals surface area contributed by atoms with Crippen molar-refractivity contribution < 1.29 is 4.84 Å². The monoisotopic (exact) mass is 448 g/mol. The molecule has 4 aromatic rings. The van der Waals surface area contributed by atoms with E-state index in [1.54, 1.807) is 35.2 Å². The fraction of sp³-hybridized carbons (Fsp3) is 0.179. The van der Waals surface area contributed by atoms with Crippen LogP contribution in [-0.2, 0) is 0 Å². The number of pyridine rings is 2. The van der Waals surface area contributed by atoms with Crippen molar-refractivity contribution >= 4 is 0 Å². The number of hydroxylamine groups is 2. The Kier molecular flexibility index (Phi) is 6.19. The average Bonchev–Trinajstić information content (AvgIpc) is 2.90. The Morgan fingerprint density at radius 1 is 0.882 bits per heavy atom. The second-order valence-corrected chi connectivity index (χ2v) is 8.26. The third-order valence-electron chi connectivity index (χ3n) is 5.98. The highest BCUT2D eigenvalue weighted by Gasteiger charge is 2.16. The van der Waals surface area contributed by atoms with Crippen molar-refractivity contribution in [2.75, 3.05) is 13.1 Å². The van der Waals surface area contributed by atoms with Crippen LogP contribution in [-0.4, -0.2) is 27.7 Å². The minimum atomic E-state index is -0.202. The van der Waals surface area contributed by atoms with Crippen molar-refractivity contribution in [2.24, 2.45) is 0 Å². The first-order chi connectivity index (χ1) is 16.7. The molecule has 1 aliphatic heterocycles. The first-order valence-electron chi connectivity index (χ1n) is 11.4. The topological polar surface area (TPSA) is 71.2 Å². The summed E-state index contributed by atoms with van der Waals surface area (Å²) in [4.78, 5) is 24.1. The van der Waals surface area contributed by atoms with Crippen molar-refractivity contribution in [3.05, 3.63) is 101 Å². The molecular formula is C28H24N4O2. The number of nitrogens with zero attached hydrogens (tertiary/aromatic N) is 4. The molecule has 0 N–H and O–H groups in total. The van der Waals surface area contributed by atoms with Crippen molar-refractivity contribution in [1.82, 2.24) is 14.6 Å². The van der Waals surface area contributed by atoms with Crippen LogP contribution in [0.4, 0.5) is 0 Å². The Morgan fingerprint density at radius 3 is 2.38 bits per heavy atom. The van der Waals surface area contributed by atoms with E-state index in [0.717, 1.165) is 42.9 Å². The van der Waals surface area contributed by atoms with Gasteiger partial charge in [0.15, 0.2) is 0 Å². The van der Waals surface area contributed by atoms with E-state index in [2.05, 4.69) is 11.1 Å². The Morgan fingerprint density at radius 2 is 1.65 bits per heavy atom. The molecule has 0 atom stereocenters. The van der Waals surface area contributed by atoms with Gasteiger partial charge in [0, 0.05) is 47.9 Å². The standard InChI is InChI=1S/C28H24N4O2/c29-19-21-8-2-3-9-25(21)26-18-22(27-10-4-5-15-30-27)20-32(28(26)33)23-11-13-24(14-12-23)34-31-16-6-1-7-17-31/h2-5,8-15,18,20H,1,6-7,16-17H2. The van der Waals surface area contributed by atoms with Crippen LogP contribution in [0.2, 0.25) is 0 Å². The van der Waals surface area contributed by atoms with Gasteiger partial charge in [-0.2, -0.15) is 5.26 Å². The fourth-order valence-electron chi connectivity index (χ4n) is 4.23. The number of hydrogen-bond acceptors (Lipinski definition) is 5. The smallest absolute Gasteiger partial charge is 0.263 e. The van der Waals surface area contributed by atoms with E-state index >= 15 is 0 Å². The van der Waals surface area contributed by atoms with Gasteiger partial charge in [-0.25, -0.2) is 0 Å². The lowest BCUT2D eigenvalue weighted by Gasteiger charge is -2.26. The average molecular weight is 449 g/mol. The molecule has 3 heterocycles. The molecule has 0 bridgehead atoms. The van der Waals surface area contributed by atoms with Crippen LogP contribution in [0.15, 0.2) is 90.0 Å². The lowest BCUT2D eigenvalue weighted by Crippen LogP contribution is -2.32. The van der Waals surface area contributed by atoms with Gasteiger partial charge in [0.2, 0.25) is 0 Å². The van der Waals surface area contributed by atoms with Gasteiger partial charge >= 0.3 is 0 Å². The quantitative estimate of drug-likeness (QED) is 0.419. The largest absolute Gasteiger partial charge is 0.406 e. The number of hydrogen-bond donors (Lipinski definition) is 0. The van der Waals surface area contributed by atoms with Gasteiger partial charge in [-0.3, -0.25) is 14.3 Å². The first-order valence-corrected chi connectivity index (χ1v) is 11.4. The second-order valence-electron chi connectivity index (χ2n) is 8.26. The highest BCUT2D eigenvalue weighted by atomic mass is 16.7. The summed E-state index contributed by atoms with van der Waals surface area (Å²) in [6.45, 7) is 1.85. The predicted molar refractivity (Wildman–Crippen MR) is 131 cm³/mol. The van der Waals surface area contributed by atoms with Crippen LogP contribution in [0.25, 0.3) is 28.1 Å². The normalized spacial score (nSPS) is 13.9. The molecule has 34 heavy (non-hydrogen) atoms. The lowest BCUT2D eigenvalue weighted by molar-refractivity contribution is -0.0719. The molecule has 6 nitrogen and oxygen atoms in total. The van der Waals surface area contributed by atoms with Crippen LogP contribution in [0.5, 0.6) is 5.75 Å². The zero-order chi connectivity index (χ0) is 23.3. The number of benzene rings is 2. The Bertz CT molecular complexity index is 1380. The molecule has 0 aliphatic carbocycles. The molecule has 1 aliphatic rings. The summed E-state index contributed by atoms with van der Waals surface area (Å²) in [5, 5.41) is 11.6.